The van der Waals surface area contributed by atoms with Crippen molar-refractivity contribution in [3.63, 3.8) is 0 Å². The minimum atomic E-state index is 0.366. The van der Waals surface area contributed by atoms with E-state index in [-0.39, 0.29) is 0 Å². The van der Waals surface area contributed by atoms with Crippen molar-refractivity contribution in [2.75, 3.05) is 25.9 Å². The van der Waals surface area contributed by atoms with Crippen LogP contribution in [0.1, 0.15) is 16.8 Å². The van der Waals surface area contributed by atoms with Crippen molar-refractivity contribution < 1.29 is 4.74 Å². The molecule has 6 nitrogen and oxygen atoms in total. The van der Waals surface area contributed by atoms with Crippen LogP contribution in [-0.4, -0.2) is 41.0 Å². The average molecular weight is 339 g/mol. The first-order chi connectivity index (χ1) is 12.1. The Morgan fingerprint density at radius 1 is 1.32 bits per heavy atom. The summed E-state index contributed by atoms with van der Waals surface area (Å²) in [4.78, 5) is 6.35. The standard InChI is InChI=1S/C19H25N5O/c1-5-9-23(10-6-2)14-17-11-16(7-8-18(17)25-4)12-21-24-13-15(3)22-19(24)20/h5-8,11-13H,1-2,9-10,14H2,3-4H3,(H2,20,22). The molecule has 0 radical (unpaired) electrons. The topological polar surface area (TPSA) is 68.7 Å². The molecule has 0 saturated carbocycles. The number of aryl methyl sites for hydroxylation is 1. The quantitative estimate of drug-likeness (QED) is 0.563. The fourth-order valence-electron chi connectivity index (χ4n) is 2.54. The molecule has 0 unspecified atom stereocenters. The van der Waals surface area contributed by atoms with E-state index in [0.717, 1.165) is 42.2 Å². The predicted molar refractivity (Wildman–Crippen MR) is 103 cm³/mol. The lowest BCUT2D eigenvalue weighted by atomic mass is 10.1. The number of nitrogens with zero attached hydrogens (tertiary/aromatic N) is 4. The zero-order valence-corrected chi connectivity index (χ0v) is 14.9. The number of aromatic nitrogens is 2. The van der Waals surface area contributed by atoms with Gasteiger partial charge in [0.15, 0.2) is 0 Å². The van der Waals surface area contributed by atoms with E-state index in [4.69, 9.17) is 10.5 Å². The van der Waals surface area contributed by atoms with E-state index >= 15 is 0 Å². The molecule has 1 aromatic heterocycles. The zero-order chi connectivity index (χ0) is 18.2. The van der Waals surface area contributed by atoms with Crippen LogP contribution in [0.5, 0.6) is 5.75 Å². The molecule has 0 fully saturated rings. The van der Waals surface area contributed by atoms with Crippen molar-refractivity contribution in [3.8, 4) is 5.75 Å². The van der Waals surface area contributed by atoms with Crippen molar-refractivity contribution in [3.05, 3.63) is 66.5 Å². The van der Waals surface area contributed by atoms with Crippen molar-refractivity contribution in [2.45, 2.75) is 13.5 Å². The molecule has 1 aromatic carbocycles. The van der Waals surface area contributed by atoms with Gasteiger partial charge in [-0.1, -0.05) is 12.2 Å². The summed E-state index contributed by atoms with van der Waals surface area (Å²) in [5.41, 5.74) is 8.67. The van der Waals surface area contributed by atoms with E-state index in [1.165, 1.54) is 0 Å². The molecule has 2 rings (SSSR count). The molecule has 2 aromatic rings. The van der Waals surface area contributed by atoms with E-state index in [0.29, 0.717) is 5.95 Å². The van der Waals surface area contributed by atoms with Crippen LogP contribution < -0.4 is 10.5 Å². The first kappa shape index (κ1) is 18.5. The van der Waals surface area contributed by atoms with Gasteiger partial charge in [-0.25, -0.2) is 9.66 Å². The third-order valence-electron chi connectivity index (χ3n) is 3.64. The van der Waals surface area contributed by atoms with E-state index in [9.17, 15) is 0 Å². The monoisotopic (exact) mass is 339 g/mol. The molecule has 0 aliphatic rings. The summed E-state index contributed by atoms with van der Waals surface area (Å²) in [5, 5.41) is 4.36. The smallest absolute Gasteiger partial charge is 0.221 e. The second-order valence-corrected chi connectivity index (χ2v) is 5.67. The second kappa shape index (κ2) is 8.84. The maximum atomic E-state index is 5.81. The number of ether oxygens (including phenoxy) is 1. The zero-order valence-electron chi connectivity index (χ0n) is 14.9. The van der Waals surface area contributed by atoms with Gasteiger partial charge in [-0.15, -0.1) is 13.2 Å². The number of hydrogen-bond acceptors (Lipinski definition) is 5. The van der Waals surface area contributed by atoms with Gasteiger partial charge in [0.2, 0.25) is 5.95 Å². The molecule has 0 aliphatic carbocycles. The highest BCUT2D eigenvalue weighted by molar-refractivity contribution is 5.80. The Hall–Kier alpha value is -2.86. The van der Waals surface area contributed by atoms with Gasteiger partial charge in [0, 0.05) is 25.2 Å². The molecule has 0 atom stereocenters. The van der Waals surface area contributed by atoms with Crippen molar-refractivity contribution in [1.29, 1.82) is 0 Å². The van der Waals surface area contributed by atoms with Gasteiger partial charge in [0.25, 0.3) is 0 Å². The lowest BCUT2D eigenvalue weighted by Crippen LogP contribution is -2.23. The first-order valence-corrected chi connectivity index (χ1v) is 8.04. The molecular weight excluding hydrogens is 314 g/mol. The molecule has 132 valence electrons. The molecule has 0 saturated heterocycles. The largest absolute Gasteiger partial charge is 0.496 e. The second-order valence-electron chi connectivity index (χ2n) is 5.67. The minimum absolute atomic E-state index is 0.366. The molecule has 0 amide bonds. The Morgan fingerprint density at radius 3 is 2.60 bits per heavy atom. The number of nitrogens with two attached hydrogens (primary N) is 1. The van der Waals surface area contributed by atoms with Crippen LogP contribution in [-0.2, 0) is 6.54 Å². The van der Waals surface area contributed by atoms with Gasteiger partial charge in [0.1, 0.15) is 5.75 Å². The van der Waals surface area contributed by atoms with Gasteiger partial charge in [0.05, 0.1) is 25.2 Å². The lowest BCUT2D eigenvalue weighted by molar-refractivity contribution is 0.317. The highest BCUT2D eigenvalue weighted by atomic mass is 16.5. The Balaban J connectivity index is 2.24. The first-order valence-electron chi connectivity index (χ1n) is 8.04. The summed E-state index contributed by atoms with van der Waals surface area (Å²) in [5.74, 6) is 1.21. The summed E-state index contributed by atoms with van der Waals surface area (Å²) < 4.78 is 7.04. The third kappa shape index (κ3) is 5.06. The SMILES string of the molecule is C=CCN(CC=C)Cc1cc(C=Nn2cc(C)nc2N)ccc1OC. The van der Waals surface area contributed by atoms with Gasteiger partial charge in [-0.2, -0.15) is 5.10 Å². The molecule has 6 heteroatoms. The predicted octanol–water partition coefficient (Wildman–Crippen LogP) is 2.84. The minimum Gasteiger partial charge on any atom is -0.496 e. The summed E-state index contributed by atoms with van der Waals surface area (Å²) in [6.07, 6.45) is 7.30. The van der Waals surface area contributed by atoms with Crippen LogP contribution >= 0.6 is 0 Å². The number of hydrogen-bond donors (Lipinski definition) is 1. The molecule has 2 N–H and O–H groups in total. The Kier molecular flexibility index (Phi) is 6.54. The van der Waals surface area contributed by atoms with Gasteiger partial charge in [-0.3, -0.25) is 4.90 Å². The normalized spacial score (nSPS) is 11.2. The van der Waals surface area contributed by atoms with Crippen LogP contribution in [0.25, 0.3) is 0 Å². The molecular formula is C19H25N5O. The number of methoxy groups -OCH3 is 1. The molecule has 0 spiro atoms. The molecule has 25 heavy (non-hydrogen) atoms. The Morgan fingerprint density at radius 2 is 2.04 bits per heavy atom. The number of rotatable bonds is 9. The summed E-state index contributed by atoms with van der Waals surface area (Å²) in [7, 11) is 1.67. The van der Waals surface area contributed by atoms with E-state index in [1.54, 1.807) is 24.2 Å². The summed E-state index contributed by atoms with van der Waals surface area (Å²) >= 11 is 0. The van der Waals surface area contributed by atoms with Crippen LogP contribution in [0.4, 0.5) is 5.95 Å². The fourth-order valence-corrected chi connectivity index (χ4v) is 2.54. The summed E-state index contributed by atoms with van der Waals surface area (Å²) in [6, 6.07) is 5.96. The highest BCUT2D eigenvalue weighted by Crippen LogP contribution is 2.21. The average Bonchev–Trinajstić information content (AvgIpc) is 2.91. The van der Waals surface area contributed by atoms with Gasteiger partial charge < -0.3 is 10.5 Å². The number of benzene rings is 1. The molecule has 0 bridgehead atoms. The van der Waals surface area contributed by atoms with Crippen LogP contribution in [0.3, 0.4) is 0 Å². The van der Waals surface area contributed by atoms with Gasteiger partial charge in [-0.05, 0) is 30.7 Å². The highest BCUT2D eigenvalue weighted by Gasteiger charge is 2.09. The van der Waals surface area contributed by atoms with Crippen LogP contribution in [0.2, 0.25) is 0 Å². The number of imidazole rings is 1. The van der Waals surface area contributed by atoms with Crippen LogP contribution in [0, 0.1) is 6.92 Å². The molecule has 0 aliphatic heterocycles. The van der Waals surface area contributed by atoms with Crippen molar-refractivity contribution in [1.82, 2.24) is 14.6 Å². The lowest BCUT2D eigenvalue weighted by Gasteiger charge is -2.20. The Bertz CT molecular complexity index is 753. The molecule has 1 heterocycles. The fraction of sp³-hybridized carbons (Fsp3) is 0.263. The Labute approximate surface area is 148 Å². The maximum Gasteiger partial charge on any atom is 0.221 e. The van der Waals surface area contributed by atoms with Crippen LogP contribution in [0.15, 0.2) is 54.8 Å². The number of anilines is 1. The van der Waals surface area contributed by atoms with Gasteiger partial charge >= 0.3 is 0 Å². The van der Waals surface area contributed by atoms with Crippen molar-refractivity contribution >= 4 is 12.2 Å². The van der Waals surface area contributed by atoms with E-state index in [1.807, 2.05) is 31.2 Å². The maximum absolute atomic E-state index is 5.81. The van der Waals surface area contributed by atoms with Crippen molar-refractivity contribution in [2.24, 2.45) is 5.10 Å². The van der Waals surface area contributed by atoms with E-state index in [2.05, 4.69) is 34.2 Å². The number of nitrogen functional groups attached to an aromatic ring is 1. The third-order valence-corrected chi connectivity index (χ3v) is 3.64. The summed E-state index contributed by atoms with van der Waals surface area (Å²) in [6.45, 7) is 11.8. The van der Waals surface area contributed by atoms with E-state index < -0.39 is 0 Å².